The predicted molar refractivity (Wildman–Crippen MR) is 78.2 cm³/mol. The Morgan fingerprint density at radius 1 is 1.35 bits per heavy atom. The monoisotopic (exact) mass is 272 g/mol. The molecule has 5 heteroatoms. The van der Waals surface area contributed by atoms with Gasteiger partial charge in [-0.2, -0.15) is 5.10 Å². The van der Waals surface area contributed by atoms with Gasteiger partial charge in [0.25, 0.3) is 5.91 Å². The minimum Gasteiger partial charge on any atom is -0.332 e. The highest BCUT2D eigenvalue weighted by Crippen LogP contribution is 2.10. The van der Waals surface area contributed by atoms with Crippen LogP contribution < -0.4 is 5.73 Å². The first kappa shape index (κ1) is 14.3. The summed E-state index contributed by atoms with van der Waals surface area (Å²) in [6.07, 6.45) is 0. The van der Waals surface area contributed by atoms with E-state index in [4.69, 9.17) is 5.73 Å². The third kappa shape index (κ3) is 3.24. The van der Waals surface area contributed by atoms with Crippen LogP contribution in [-0.4, -0.2) is 33.7 Å². The number of benzene rings is 1. The van der Waals surface area contributed by atoms with Crippen LogP contribution in [0.5, 0.6) is 0 Å². The second kappa shape index (κ2) is 6.34. The molecular formula is C15H20N4O. The molecule has 2 N–H and O–H groups in total. The van der Waals surface area contributed by atoms with Crippen LogP contribution in [0.2, 0.25) is 0 Å². The lowest BCUT2D eigenvalue weighted by Gasteiger charge is -2.21. The molecule has 5 nitrogen and oxygen atoms in total. The fourth-order valence-corrected chi connectivity index (χ4v) is 2.04. The summed E-state index contributed by atoms with van der Waals surface area (Å²) in [6.45, 7) is 3.43. The van der Waals surface area contributed by atoms with Crippen LogP contribution in [0, 0.1) is 6.92 Å². The average Bonchev–Trinajstić information content (AvgIpc) is 2.78. The van der Waals surface area contributed by atoms with Gasteiger partial charge in [-0.05, 0) is 18.6 Å². The molecule has 0 unspecified atom stereocenters. The van der Waals surface area contributed by atoms with Gasteiger partial charge in [-0.3, -0.25) is 9.48 Å². The quantitative estimate of drug-likeness (QED) is 0.893. The molecule has 0 fully saturated rings. The number of hydrogen-bond acceptors (Lipinski definition) is 3. The Kier molecular flexibility index (Phi) is 4.53. The minimum absolute atomic E-state index is 0.0806. The first-order valence-electron chi connectivity index (χ1n) is 6.65. The third-order valence-corrected chi connectivity index (χ3v) is 3.24. The zero-order chi connectivity index (χ0) is 14.5. The highest BCUT2D eigenvalue weighted by molar-refractivity contribution is 5.92. The summed E-state index contributed by atoms with van der Waals surface area (Å²) >= 11 is 0. The summed E-state index contributed by atoms with van der Waals surface area (Å²) in [4.78, 5) is 14.2. The molecule has 1 aromatic carbocycles. The van der Waals surface area contributed by atoms with E-state index in [0.717, 1.165) is 11.3 Å². The molecule has 0 spiro atoms. The maximum atomic E-state index is 12.5. The van der Waals surface area contributed by atoms with Gasteiger partial charge in [0, 0.05) is 32.4 Å². The Morgan fingerprint density at radius 2 is 2.05 bits per heavy atom. The van der Waals surface area contributed by atoms with E-state index in [1.165, 1.54) is 0 Å². The van der Waals surface area contributed by atoms with Crippen molar-refractivity contribution in [3.8, 4) is 0 Å². The van der Waals surface area contributed by atoms with Crippen molar-refractivity contribution in [1.29, 1.82) is 0 Å². The predicted octanol–water partition coefficient (Wildman–Crippen LogP) is 1.33. The van der Waals surface area contributed by atoms with Crippen molar-refractivity contribution in [3.63, 3.8) is 0 Å². The molecule has 1 aromatic heterocycles. The van der Waals surface area contributed by atoms with E-state index in [1.54, 1.807) is 15.6 Å². The molecule has 2 aromatic rings. The summed E-state index contributed by atoms with van der Waals surface area (Å²) in [5.41, 5.74) is 8.13. The Hall–Kier alpha value is -2.14. The number of rotatable bonds is 5. The number of carbonyl (C=O) groups excluding carboxylic acids is 1. The maximum absolute atomic E-state index is 12.5. The molecule has 20 heavy (non-hydrogen) atoms. The van der Waals surface area contributed by atoms with Gasteiger partial charge >= 0.3 is 0 Å². The molecule has 0 aliphatic carbocycles. The molecule has 1 amide bonds. The highest BCUT2D eigenvalue weighted by Gasteiger charge is 2.18. The summed E-state index contributed by atoms with van der Waals surface area (Å²) in [7, 11) is 1.83. The van der Waals surface area contributed by atoms with Gasteiger partial charge in [0.1, 0.15) is 0 Å². The lowest BCUT2D eigenvalue weighted by molar-refractivity contribution is 0.0741. The molecule has 2 rings (SSSR count). The second-order valence-corrected chi connectivity index (χ2v) is 4.80. The molecular weight excluding hydrogens is 252 g/mol. The zero-order valence-electron chi connectivity index (χ0n) is 11.9. The summed E-state index contributed by atoms with van der Waals surface area (Å²) in [5.74, 6) is -0.0806. The van der Waals surface area contributed by atoms with Gasteiger partial charge in [0.15, 0.2) is 5.69 Å². The van der Waals surface area contributed by atoms with Gasteiger partial charge in [-0.25, -0.2) is 0 Å². The SMILES string of the molecule is Cc1cc(C(=O)N(CCN)Cc2ccccc2)nn1C. The Morgan fingerprint density at radius 3 is 2.60 bits per heavy atom. The molecule has 0 aliphatic heterocycles. The summed E-state index contributed by atoms with van der Waals surface area (Å²) in [6, 6.07) is 11.7. The smallest absolute Gasteiger partial charge is 0.274 e. The van der Waals surface area contributed by atoms with Crippen molar-refractivity contribution in [2.45, 2.75) is 13.5 Å². The topological polar surface area (TPSA) is 64.2 Å². The summed E-state index contributed by atoms with van der Waals surface area (Å²) in [5, 5.41) is 4.24. The molecule has 106 valence electrons. The van der Waals surface area contributed by atoms with E-state index in [0.29, 0.717) is 25.3 Å². The van der Waals surface area contributed by atoms with Crippen LogP contribution in [0.25, 0.3) is 0 Å². The van der Waals surface area contributed by atoms with E-state index in [2.05, 4.69) is 5.10 Å². The van der Waals surface area contributed by atoms with E-state index in [9.17, 15) is 4.79 Å². The maximum Gasteiger partial charge on any atom is 0.274 e. The number of aromatic nitrogens is 2. The number of nitrogens with two attached hydrogens (primary N) is 1. The van der Waals surface area contributed by atoms with Crippen molar-refractivity contribution >= 4 is 5.91 Å². The van der Waals surface area contributed by atoms with Crippen molar-refractivity contribution in [3.05, 3.63) is 53.3 Å². The van der Waals surface area contributed by atoms with Crippen molar-refractivity contribution in [1.82, 2.24) is 14.7 Å². The largest absolute Gasteiger partial charge is 0.332 e. The molecule has 0 aliphatic rings. The van der Waals surface area contributed by atoms with E-state index < -0.39 is 0 Å². The third-order valence-electron chi connectivity index (χ3n) is 3.24. The van der Waals surface area contributed by atoms with Crippen LogP contribution in [-0.2, 0) is 13.6 Å². The van der Waals surface area contributed by atoms with Crippen LogP contribution >= 0.6 is 0 Å². The molecule has 0 atom stereocenters. The van der Waals surface area contributed by atoms with Gasteiger partial charge in [0.2, 0.25) is 0 Å². The minimum atomic E-state index is -0.0806. The van der Waals surface area contributed by atoms with Crippen molar-refractivity contribution in [2.75, 3.05) is 13.1 Å². The number of aryl methyl sites for hydroxylation is 2. The second-order valence-electron chi connectivity index (χ2n) is 4.80. The first-order valence-corrected chi connectivity index (χ1v) is 6.65. The molecule has 0 saturated carbocycles. The van der Waals surface area contributed by atoms with Crippen LogP contribution in [0.4, 0.5) is 0 Å². The normalized spacial score (nSPS) is 10.6. The van der Waals surface area contributed by atoms with Gasteiger partial charge in [-0.1, -0.05) is 30.3 Å². The number of amides is 1. The zero-order valence-corrected chi connectivity index (χ0v) is 11.9. The fraction of sp³-hybridized carbons (Fsp3) is 0.333. The lowest BCUT2D eigenvalue weighted by Crippen LogP contribution is -2.35. The number of hydrogen-bond donors (Lipinski definition) is 1. The first-order chi connectivity index (χ1) is 9.61. The highest BCUT2D eigenvalue weighted by atomic mass is 16.2. The number of nitrogens with zero attached hydrogens (tertiary/aromatic N) is 3. The van der Waals surface area contributed by atoms with Crippen molar-refractivity contribution < 1.29 is 4.79 Å². The lowest BCUT2D eigenvalue weighted by atomic mass is 10.2. The standard InChI is InChI=1S/C15H20N4O/c1-12-10-14(17-18(12)2)15(20)19(9-8-16)11-13-6-4-3-5-7-13/h3-7,10H,8-9,11,16H2,1-2H3. The molecule has 0 saturated heterocycles. The van der Waals surface area contributed by atoms with Gasteiger partial charge in [-0.15, -0.1) is 0 Å². The Bertz CT molecular complexity index is 557. The van der Waals surface area contributed by atoms with E-state index in [1.807, 2.05) is 44.3 Å². The van der Waals surface area contributed by atoms with Crippen LogP contribution in [0.15, 0.2) is 36.4 Å². The Balaban J connectivity index is 2.17. The average molecular weight is 272 g/mol. The van der Waals surface area contributed by atoms with Crippen LogP contribution in [0.1, 0.15) is 21.7 Å². The van der Waals surface area contributed by atoms with E-state index >= 15 is 0 Å². The van der Waals surface area contributed by atoms with Gasteiger partial charge in [0.05, 0.1) is 0 Å². The molecule has 0 radical (unpaired) electrons. The number of carbonyl (C=O) groups is 1. The fourth-order valence-electron chi connectivity index (χ4n) is 2.04. The van der Waals surface area contributed by atoms with Crippen molar-refractivity contribution in [2.24, 2.45) is 12.8 Å². The van der Waals surface area contributed by atoms with Gasteiger partial charge < -0.3 is 10.6 Å². The van der Waals surface area contributed by atoms with Crippen LogP contribution in [0.3, 0.4) is 0 Å². The van der Waals surface area contributed by atoms with E-state index in [-0.39, 0.29) is 5.91 Å². The Labute approximate surface area is 119 Å². The molecule has 1 heterocycles. The molecule has 0 bridgehead atoms. The summed E-state index contributed by atoms with van der Waals surface area (Å²) < 4.78 is 1.70.